The highest BCUT2D eigenvalue weighted by Gasteiger charge is 2.04. The van der Waals surface area contributed by atoms with Gasteiger partial charge in [0.25, 0.3) is 0 Å². The first kappa shape index (κ1) is 12.9. The maximum Gasteiger partial charge on any atom is 0.135 e. The summed E-state index contributed by atoms with van der Waals surface area (Å²) in [6, 6.07) is 18.1. The maximum atomic E-state index is 4.65. The molecule has 0 saturated carbocycles. The van der Waals surface area contributed by atoms with Crippen molar-refractivity contribution in [2.75, 3.05) is 6.26 Å². The van der Waals surface area contributed by atoms with E-state index >= 15 is 0 Å². The van der Waals surface area contributed by atoms with Crippen molar-refractivity contribution in [3.8, 4) is 0 Å². The van der Waals surface area contributed by atoms with Crippen LogP contribution in [0.1, 0.15) is 5.56 Å². The molecule has 0 atom stereocenters. The molecule has 4 nitrogen and oxygen atoms in total. The lowest BCUT2D eigenvalue weighted by Crippen LogP contribution is -2.02. The average molecular weight is 282 g/mol. The zero-order valence-electron chi connectivity index (χ0n) is 11.1. The molecule has 0 saturated heterocycles. The van der Waals surface area contributed by atoms with E-state index in [1.54, 1.807) is 11.8 Å². The number of fused-ring (bicyclic) bond motifs is 1. The zero-order chi connectivity index (χ0) is 13.8. The van der Waals surface area contributed by atoms with Crippen LogP contribution in [0.5, 0.6) is 0 Å². The van der Waals surface area contributed by atoms with Gasteiger partial charge < -0.3 is 0 Å². The van der Waals surface area contributed by atoms with Crippen molar-refractivity contribution in [2.24, 2.45) is 4.99 Å². The molecule has 20 heavy (non-hydrogen) atoms. The van der Waals surface area contributed by atoms with Crippen LogP contribution in [0, 0.1) is 0 Å². The lowest BCUT2D eigenvalue weighted by molar-refractivity contribution is 0.630. The Kier molecular flexibility index (Phi) is 3.78. The lowest BCUT2D eigenvalue weighted by atomic mass is 10.2. The van der Waals surface area contributed by atoms with Crippen molar-refractivity contribution in [3.05, 3.63) is 60.2 Å². The van der Waals surface area contributed by atoms with Gasteiger partial charge >= 0.3 is 0 Å². The van der Waals surface area contributed by atoms with E-state index in [9.17, 15) is 0 Å². The van der Waals surface area contributed by atoms with Crippen molar-refractivity contribution in [3.63, 3.8) is 0 Å². The van der Waals surface area contributed by atoms with Crippen molar-refractivity contribution < 1.29 is 0 Å². The topological polar surface area (TPSA) is 43.1 Å². The van der Waals surface area contributed by atoms with E-state index in [0.29, 0.717) is 6.67 Å². The fraction of sp³-hybridized carbons (Fsp3) is 0.133. The van der Waals surface area contributed by atoms with E-state index in [1.165, 1.54) is 0 Å². The molecule has 0 aliphatic rings. The molecule has 0 spiro atoms. The number of para-hydroxylation sites is 1. The number of thioether (sulfide) groups is 1. The fourth-order valence-corrected chi connectivity index (χ4v) is 2.57. The number of aromatic nitrogens is 3. The smallest absolute Gasteiger partial charge is 0.135 e. The van der Waals surface area contributed by atoms with E-state index in [-0.39, 0.29) is 0 Å². The first-order valence-electron chi connectivity index (χ1n) is 6.30. The Hall–Kier alpha value is -2.14. The third-order valence-corrected chi connectivity index (χ3v) is 3.73. The van der Waals surface area contributed by atoms with Crippen LogP contribution in [0.3, 0.4) is 0 Å². The van der Waals surface area contributed by atoms with Crippen molar-refractivity contribution in [1.82, 2.24) is 15.0 Å². The molecule has 100 valence electrons. The standard InChI is InChI=1S/C15H14N4S/c1-20-15(12-7-3-2-4-8-12)16-11-19-14-10-6-5-9-13(14)17-18-19/h2-10H,11H2,1H3. The molecule has 0 fully saturated rings. The molecule has 0 aliphatic carbocycles. The Balaban J connectivity index is 1.89. The highest BCUT2D eigenvalue weighted by atomic mass is 32.2. The Morgan fingerprint density at radius 2 is 1.85 bits per heavy atom. The third-order valence-electron chi connectivity index (χ3n) is 2.98. The van der Waals surface area contributed by atoms with Gasteiger partial charge in [-0.15, -0.1) is 16.9 Å². The summed E-state index contributed by atoms with van der Waals surface area (Å²) in [7, 11) is 0. The van der Waals surface area contributed by atoms with Crippen molar-refractivity contribution in [2.45, 2.75) is 6.67 Å². The van der Waals surface area contributed by atoms with E-state index in [2.05, 4.69) is 27.4 Å². The van der Waals surface area contributed by atoms with Crippen LogP contribution < -0.4 is 0 Å². The van der Waals surface area contributed by atoms with E-state index in [4.69, 9.17) is 0 Å². The molecule has 0 amide bonds. The molecule has 3 rings (SSSR count). The molecule has 5 heteroatoms. The first-order valence-corrected chi connectivity index (χ1v) is 7.53. The second-order valence-corrected chi connectivity index (χ2v) is 5.05. The normalized spacial score (nSPS) is 11.9. The van der Waals surface area contributed by atoms with Crippen LogP contribution in [0.15, 0.2) is 59.6 Å². The van der Waals surface area contributed by atoms with E-state index < -0.39 is 0 Å². The molecular formula is C15H14N4S. The van der Waals surface area contributed by atoms with E-state index in [0.717, 1.165) is 21.6 Å². The summed E-state index contributed by atoms with van der Waals surface area (Å²) in [6.07, 6.45) is 2.03. The van der Waals surface area contributed by atoms with Crippen LogP contribution in [0.25, 0.3) is 11.0 Å². The second-order valence-electron chi connectivity index (χ2n) is 4.25. The summed E-state index contributed by atoms with van der Waals surface area (Å²) in [5.41, 5.74) is 3.03. The van der Waals surface area contributed by atoms with Crippen molar-refractivity contribution >= 4 is 27.8 Å². The van der Waals surface area contributed by atoms with Crippen LogP contribution in [-0.4, -0.2) is 26.3 Å². The summed E-state index contributed by atoms with van der Waals surface area (Å²) < 4.78 is 1.81. The lowest BCUT2D eigenvalue weighted by Gasteiger charge is -2.04. The summed E-state index contributed by atoms with van der Waals surface area (Å²) in [4.78, 5) is 4.65. The molecule has 1 aromatic heterocycles. The van der Waals surface area contributed by atoms with Crippen LogP contribution in [0.2, 0.25) is 0 Å². The Bertz CT molecular complexity index is 734. The molecule has 0 N–H and O–H groups in total. The number of nitrogens with zero attached hydrogens (tertiary/aromatic N) is 4. The summed E-state index contributed by atoms with van der Waals surface area (Å²) >= 11 is 1.64. The van der Waals surface area contributed by atoms with Crippen LogP contribution in [0.4, 0.5) is 0 Å². The Labute approximate surface area is 121 Å². The molecule has 2 aromatic carbocycles. The van der Waals surface area contributed by atoms with E-state index in [1.807, 2.05) is 53.4 Å². The van der Waals surface area contributed by atoms with Crippen molar-refractivity contribution in [1.29, 1.82) is 0 Å². The summed E-state index contributed by atoms with van der Waals surface area (Å²) in [6.45, 7) is 0.478. The molecule has 3 aromatic rings. The molecule has 0 radical (unpaired) electrons. The number of aliphatic imine (C=N–C) groups is 1. The molecule has 0 unspecified atom stereocenters. The number of rotatable bonds is 3. The monoisotopic (exact) mass is 282 g/mol. The van der Waals surface area contributed by atoms with Gasteiger partial charge in [-0.05, 0) is 18.4 Å². The molecular weight excluding hydrogens is 268 g/mol. The number of hydrogen-bond donors (Lipinski definition) is 0. The van der Waals surface area contributed by atoms with Crippen LogP contribution >= 0.6 is 11.8 Å². The summed E-state index contributed by atoms with van der Waals surface area (Å²) in [5.74, 6) is 0. The predicted molar refractivity (Wildman–Crippen MR) is 84.0 cm³/mol. The van der Waals surface area contributed by atoms with Gasteiger partial charge in [0, 0.05) is 5.56 Å². The van der Waals surface area contributed by atoms with Gasteiger partial charge in [0.2, 0.25) is 0 Å². The SMILES string of the molecule is CSC(=NCn1nnc2ccccc21)c1ccccc1. The highest BCUT2D eigenvalue weighted by Crippen LogP contribution is 2.13. The first-order chi connectivity index (χ1) is 9.88. The minimum Gasteiger partial charge on any atom is -0.254 e. The highest BCUT2D eigenvalue weighted by molar-refractivity contribution is 8.13. The zero-order valence-corrected chi connectivity index (χ0v) is 11.9. The van der Waals surface area contributed by atoms with Crippen LogP contribution in [-0.2, 0) is 6.67 Å². The molecule has 0 aliphatic heterocycles. The van der Waals surface area contributed by atoms with Gasteiger partial charge in [-0.2, -0.15) is 0 Å². The number of hydrogen-bond acceptors (Lipinski definition) is 4. The average Bonchev–Trinajstić information content (AvgIpc) is 2.92. The quantitative estimate of drug-likeness (QED) is 0.547. The summed E-state index contributed by atoms with van der Waals surface area (Å²) in [5, 5.41) is 9.28. The van der Waals surface area contributed by atoms with Gasteiger partial charge in [0.15, 0.2) is 0 Å². The predicted octanol–water partition coefficient (Wildman–Crippen LogP) is 3.20. The van der Waals surface area contributed by atoms with Gasteiger partial charge in [-0.25, -0.2) is 4.68 Å². The third kappa shape index (κ3) is 2.58. The number of benzene rings is 2. The van der Waals surface area contributed by atoms with Gasteiger partial charge in [0.05, 0.1) is 10.6 Å². The van der Waals surface area contributed by atoms with Gasteiger partial charge in [-0.3, -0.25) is 4.99 Å². The minimum absolute atomic E-state index is 0.478. The Morgan fingerprint density at radius 1 is 1.10 bits per heavy atom. The molecule has 1 heterocycles. The second kappa shape index (κ2) is 5.88. The van der Waals surface area contributed by atoms with Gasteiger partial charge in [-0.1, -0.05) is 47.7 Å². The Morgan fingerprint density at radius 3 is 2.65 bits per heavy atom. The maximum absolute atomic E-state index is 4.65. The molecule has 0 bridgehead atoms. The largest absolute Gasteiger partial charge is 0.254 e. The fourth-order valence-electron chi connectivity index (χ4n) is 2.01. The minimum atomic E-state index is 0.478. The van der Waals surface area contributed by atoms with Gasteiger partial charge in [0.1, 0.15) is 12.2 Å².